The van der Waals surface area contributed by atoms with Crippen molar-refractivity contribution in [1.29, 1.82) is 0 Å². The topological polar surface area (TPSA) is 54.0 Å². The van der Waals surface area contributed by atoms with E-state index in [1.165, 1.54) is 0 Å². The minimum atomic E-state index is -2.79. The zero-order valence-electron chi connectivity index (χ0n) is 10.2. The summed E-state index contributed by atoms with van der Waals surface area (Å²) in [4.78, 5) is 10.8. The van der Waals surface area contributed by atoms with E-state index in [4.69, 9.17) is 53.3 Å². The molecule has 110 valence electrons. The maximum atomic E-state index is 10.8. The Morgan fingerprint density at radius 2 is 1.95 bits per heavy atom. The van der Waals surface area contributed by atoms with Gasteiger partial charge in [0.25, 0.3) is 0 Å². The van der Waals surface area contributed by atoms with Crippen LogP contribution >= 0.6 is 29.9 Å². The predicted octanol–water partition coefficient (Wildman–Crippen LogP) is 2.47. The van der Waals surface area contributed by atoms with Crippen LogP contribution in [0.5, 0.6) is 0 Å². The first-order valence-corrected chi connectivity index (χ1v) is 9.06. The second-order valence-electron chi connectivity index (χ2n) is 3.97. The third kappa shape index (κ3) is 5.31. The number of hydrogen-bond donors (Lipinski definition) is 0. The van der Waals surface area contributed by atoms with E-state index in [-0.39, 0.29) is 13.2 Å². The Bertz CT molecular complexity index is 361. The van der Waals surface area contributed by atoms with Gasteiger partial charge in [-0.15, -0.1) is 23.2 Å². The molecule has 0 atom stereocenters. The molecule has 1 heterocycles. The predicted molar refractivity (Wildman–Crippen MR) is 77.2 cm³/mol. The van der Waals surface area contributed by atoms with Crippen molar-refractivity contribution in [1.82, 2.24) is 0 Å². The van der Waals surface area contributed by atoms with Gasteiger partial charge in [-0.2, -0.15) is 0 Å². The van der Waals surface area contributed by atoms with E-state index >= 15 is 0 Å². The van der Waals surface area contributed by atoms with E-state index in [0.29, 0.717) is 25.0 Å². The van der Waals surface area contributed by atoms with Crippen LogP contribution in [0.3, 0.4) is 0 Å². The SMILES string of the molecule is C=CC(=O)OCCOP1(=S)OCC(CCl)(CCl)CO1. The summed E-state index contributed by atoms with van der Waals surface area (Å²) in [7, 11) is 0. The van der Waals surface area contributed by atoms with Crippen LogP contribution < -0.4 is 0 Å². The summed E-state index contributed by atoms with van der Waals surface area (Å²) in [5.41, 5.74) is -0.427. The number of esters is 1. The first-order valence-electron chi connectivity index (χ1n) is 5.44. The summed E-state index contributed by atoms with van der Waals surface area (Å²) in [6.45, 7) is 1.24. The monoisotopic (exact) mass is 348 g/mol. The molecule has 0 radical (unpaired) electrons. The molecule has 1 aliphatic rings. The molecule has 1 aliphatic heterocycles. The largest absolute Gasteiger partial charge is 0.460 e. The quantitative estimate of drug-likeness (QED) is 0.231. The molecule has 5 nitrogen and oxygen atoms in total. The number of alkyl halides is 2. The van der Waals surface area contributed by atoms with E-state index in [9.17, 15) is 4.79 Å². The fourth-order valence-corrected chi connectivity index (χ4v) is 3.65. The highest BCUT2D eigenvalue weighted by Crippen LogP contribution is 2.55. The molecular formula is C10H15Cl2O5PS. The first-order chi connectivity index (χ1) is 8.99. The highest BCUT2D eigenvalue weighted by Gasteiger charge is 2.39. The normalized spacial score (nSPS) is 20.7. The summed E-state index contributed by atoms with van der Waals surface area (Å²) >= 11 is 16.8. The highest BCUT2D eigenvalue weighted by atomic mass is 35.5. The molecule has 1 fully saturated rings. The minimum absolute atomic E-state index is 0.0616. The Hall–Kier alpha value is 0.320. The van der Waals surface area contributed by atoms with Crippen molar-refractivity contribution in [3.8, 4) is 0 Å². The van der Waals surface area contributed by atoms with Gasteiger partial charge in [0.05, 0.1) is 19.8 Å². The van der Waals surface area contributed by atoms with E-state index < -0.39 is 18.1 Å². The van der Waals surface area contributed by atoms with Crippen molar-refractivity contribution < 1.29 is 23.1 Å². The standard InChI is InChI=1S/C10H15Cl2O5PS/c1-2-9(13)14-3-4-15-18(19)16-7-10(5-11,6-12)8-17-18/h2H,1,3-8H2. The lowest BCUT2D eigenvalue weighted by molar-refractivity contribution is -0.138. The number of carbonyl (C=O) groups excluding carboxylic acids is 1. The van der Waals surface area contributed by atoms with Gasteiger partial charge in [0.1, 0.15) is 6.61 Å². The molecule has 0 saturated carbocycles. The Kier molecular flexibility index (Phi) is 7.25. The molecular weight excluding hydrogens is 334 g/mol. The van der Waals surface area contributed by atoms with E-state index in [1.807, 2.05) is 0 Å². The highest BCUT2D eigenvalue weighted by molar-refractivity contribution is 8.07. The zero-order valence-corrected chi connectivity index (χ0v) is 13.4. The molecule has 0 unspecified atom stereocenters. The maximum absolute atomic E-state index is 10.8. The molecule has 1 rings (SSSR count). The lowest BCUT2D eigenvalue weighted by Crippen LogP contribution is -2.39. The average molecular weight is 349 g/mol. The first kappa shape index (κ1) is 17.4. The van der Waals surface area contributed by atoms with Crippen LogP contribution in [-0.2, 0) is 34.9 Å². The summed E-state index contributed by atoms with van der Waals surface area (Å²) < 4.78 is 21.0. The molecule has 0 N–H and O–H groups in total. The fourth-order valence-electron chi connectivity index (χ4n) is 1.13. The lowest BCUT2D eigenvalue weighted by Gasteiger charge is -2.37. The van der Waals surface area contributed by atoms with Crippen molar-refractivity contribution in [3.63, 3.8) is 0 Å². The van der Waals surface area contributed by atoms with Crippen molar-refractivity contribution in [2.24, 2.45) is 5.41 Å². The number of ether oxygens (including phenoxy) is 1. The van der Waals surface area contributed by atoms with Crippen LogP contribution in [0, 0.1) is 5.41 Å². The molecule has 0 spiro atoms. The van der Waals surface area contributed by atoms with Gasteiger partial charge in [-0.25, -0.2) is 4.79 Å². The second-order valence-corrected chi connectivity index (χ2v) is 7.51. The van der Waals surface area contributed by atoms with Crippen molar-refractivity contribution in [2.45, 2.75) is 0 Å². The van der Waals surface area contributed by atoms with E-state index in [2.05, 4.69) is 6.58 Å². The molecule has 0 amide bonds. The number of rotatable bonds is 7. The Morgan fingerprint density at radius 1 is 1.37 bits per heavy atom. The second kappa shape index (κ2) is 7.93. The molecule has 0 aromatic heterocycles. The average Bonchev–Trinajstić information content (AvgIpc) is 2.45. The molecule has 0 bridgehead atoms. The van der Waals surface area contributed by atoms with E-state index in [0.717, 1.165) is 6.08 Å². The van der Waals surface area contributed by atoms with Gasteiger partial charge >= 0.3 is 12.7 Å². The smallest absolute Gasteiger partial charge is 0.330 e. The lowest BCUT2D eigenvalue weighted by atomic mass is 9.96. The fraction of sp³-hybridized carbons (Fsp3) is 0.700. The molecule has 1 saturated heterocycles. The number of hydrogen-bond acceptors (Lipinski definition) is 6. The maximum Gasteiger partial charge on any atom is 0.330 e. The van der Waals surface area contributed by atoms with Crippen molar-refractivity contribution in [3.05, 3.63) is 12.7 Å². The summed E-state index contributed by atoms with van der Waals surface area (Å²) in [5, 5.41) is 0. The third-order valence-electron chi connectivity index (χ3n) is 2.37. The van der Waals surface area contributed by atoms with Gasteiger partial charge < -0.3 is 18.3 Å². The van der Waals surface area contributed by atoms with Crippen LogP contribution in [0.15, 0.2) is 12.7 Å². The Labute approximate surface area is 127 Å². The van der Waals surface area contributed by atoms with E-state index in [1.54, 1.807) is 0 Å². The molecule has 0 aromatic carbocycles. The van der Waals surface area contributed by atoms with Gasteiger partial charge in [0.2, 0.25) is 0 Å². The van der Waals surface area contributed by atoms with Gasteiger partial charge in [0, 0.05) is 23.3 Å². The van der Waals surface area contributed by atoms with Gasteiger partial charge in [-0.05, 0) is 11.8 Å². The van der Waals surface area contributed by atoms with Crippen LogP contribution in [0.2, 0.25) is 0 Å². The number of carbonyl (C=O) groups is 1. The summed E-state index contributed by atoms with van der Waals surface area (Å²) in [5.74, 6) is 0.125. The van der Waals surface area contributed by atoms with Gasteiger partial charge in [0.15, 0.2) is 0 Å². The summed E-state index contributed by atoms with van der Waals surface area (Å²) in [6, 6.07) is 0. The Balaban J connectivity index is 2.34. The number of halogens is 2. The van der Waals surface area contributed by atoms with Gasteiger partial charge in [-0.3, -0.25) is 0 Å². The van der Waals surface area contributed by atoms with Crippen LogP contribution in [0.1, 0.15) is 0 Å². The molecule has 0 aromatic rings. The molecule has 9 heteroatoms. The molecule has 19 heavy (non-hydrogen) atoms. The molecule has 0 aliphatic carbocycles. The third-order valence-corrected chi connectivity index (χ3v) is 5.84. The van der Waals surface area contributed by atoms with Crippen LogP contribution in [-0.4, -0.2) is 44.2 Å². The van der Waals surface area contributed by atoms with Crippen LogP contribution in [0.4, 0.5) is 0 Å². The summed E-state index contributed by atoms with van der Waals surface area (Å²) in [6.07, 6.45) is 1.07. The van der Waals surface area contributed by atoms with Crippen molar-refractivity contribution >= 4 is 47.7 Å². The minimum Gasteiger partial charge on any atom is -0.460 e. The zero-order chi connectivity index (χ0) is 14.4. The van der Waals surface area contributed by atoms with Gasteiger partial charge in [-0.1, -0.05) is 6.58 Å². The van der Waals surface area contributed by atoms with Crippen LogP contribution in [0.25, 0.3) is 0 Å². The van der Waals surface area contributed by atoms with Crippen molar-refractivity contribution in [2.75, 3.05) is 38.2 Å². The Morgan fingerprint density at radius 3 is 2.42 bits per heavy atom.